The van der Waals surface area contributed by atoms with Crippen LogP contribution < -0.4 is 5.32 Å². The SMILES string of the molecule is CNCCOC(=O)C(OC)(c1ccccc1)c1ccccc1.Cl. The van der Waals surface area contributed by atoms with Crippen molar-refractivity contribution >= 4 is 18.4 Å². The summed E-state index contributed by atoms with van der Waals surface area (Å²) in [6.07, 6.45) is 0. The minimum atomic E-state index is -1.25. The average molecular weight is 336 g/mol. The minimum absolute atomic E-state index is 0. The predicted octanol–water partition coefficient (Wildman–Crippen LogP) is 2.76. The first-order chi connectivity index (χ1) is 10.8. The van der Waals surface area contributed by atoms with Gasteiger partial charge in [-0.15, -0.1) is 12.4 Å². The van der Waals surface area contributed by atoms with Crippen molar-refractivity contribution in [2.45, 2.75) is 5.60 Å². The van der Waals surface area contributed by atoms with Crippen molar-refractivity contribution in [3.63, 3.8) is 0 Å². The van der Waals surface area contributed by atoms with E-state index in [4.69, 9.17) is 9.47 Å². The van der Waals surface area contributed by atoms with Gasteiger partial charge in [0.15, 0.2) is 0 Å². The maximum atomic E-state index is 12.8. The molecule has 1 N–H and O–H groups in total. The van der Waals surface area contributed by atoms with Crippen LogP contribution >= 0.6 is 12.4 Å². The van der Waals surface area contributed by atoms with Gasteiger partial charge in [0.05, 0.1) is 0 Å². The second-order valence-corrected chi connectivity index (χ2v) is 4.86. The van der Waals surface area contributed by atoms with Gasteiger partial charge in [-0.3, -0.25) is 0 Å². The molecule has 2 aromatic rings. The number of carbonyl (C=O) groups is 1. The first kappa shape index (κ1) is 19.2. The molecule has 0 aliphatic carbocycles. The Hall–Kier alpha value is -1.88. The van der Waals surface area contributed by atoms with Gasteiger partial charge in [0.2, 0.25) is 5.60 Å². The molecule has 0 amide bonds. The number of hydrogen-bond acceptors (Lipinski definition) is 4. The van der Waals surface area contributed by atoms with Gasteiger partial charge >= 0.3 is 5.97 Å². The number of methoxy groups -OCH3 is 1. The Morgan fingerprint density at radius 1 is 1.00 bits per heavy atom. The number of likely N-dealkylation sites (N-methyl/N-ethyl adjacent to an activating group) is 1. The Morgan fingerprint density at radius 2 is 1.48 bits per heavy atom. The highest BCUT2D eigenvalue weighted by atomic mass is 35.5. The number of rotatable bonds is 7. The van der Waals surface area contributed by atoms with Crippen molar-refractivity contribution in [3.05, 3.63) is 71.8 Å². The molecule has 0 saturated heterocycles. The van der Waals surface area contributed by atoms with E-state index in [9.17, 15) is 4.79 Å². The molecule has 0 fully saturated rings. The number of nitrogens with one attached hydrogen (secondary N) is 1. The lowest BCUT2D eigenvalue weighted by Crippen LogP contribution is -2.41. The molecule has 2 aromatic carbocycles. The maximum absolute atomic E-state index is 12.8. The summed E-state index contributed by atoms with van der Waals surface area (Å²) in [5.74, 6) is -0.414. The molecular weight excluding hydrogens is 314 g/mol. The standard InChI is InChI=1S/C18H21NO3.ClH/c1-19-13-14-22-17(20)18(21-2,15-9-5-3-6-10-15)16-11-7-4-8-12-16;/h3-12,19H,13-14H2,1-2H3;1H. The number of esters is 1. The summed E-state index contributed by atoms with van der Waals surface area (Å²) in [5.41, 5.74) is 0.243. The Kier molecular flexibility index (Phi) is 7.75. The van der Waals surface area contributed by atoms with E-state index in [1.807, 2.05) is 67.7 Å². The molecular formula is C18H22ClNO3. The third-order valence-corrected chi connectivity index (χ3v) is 3.54. The fourth-order valence-electron chi connectivity index (χ4n) is 2.41. The zero-order valence-electron chi connectivity index (χ0n) is 13.3. The lowest BCUT2D eigenvalue weighted by atomic mass is 9.86. The highest BCUT2D eigenvalue weighted by molar-refractivity contribution is 5.86. The molecule has 2 rings (SSSR count). The number of hydrogen-bond donors (Lipinski definition) is 1. The minimum Gasteiger partial charge on any atom is -0.462 e. The van der Waals surface area contributed by atoms with Crippen LogP contribution in [-0.4, -0.2) is 33.3 Å². The van der Waals surface area contributed by atoms with Gasteiger partial charge in [-0.2, -0.15) is 0 Å². The molecule has 0 aliphatic rings. The largest absolute Gasteiger partial charge is 0.462 e. The molecule has 0 heterocycles. The van der Waals surface area contributed by atoms with Crippen LogP contribution in [0.1, 0.15) is 11.1 Å². The van der Waals surface area contributed by atoms with Gasteiger partial charge in [0, 0.05) is 13.7 Å². The summed E-state index contributed by atoms with van der Waals surface area (Å²) in [6.45, 7) is 0.884. The molecule has 0 aromatic heterocycles. The quantitative estimate of drug-likeness (QED) is 0.624. The summed E-state index contributed by atoms with van der Waals surface area (Å²) in [6, 6.07) is 18.8. The zero-order valence-corrected chi connectivity index (χ0v) is 14.1. The van der Waals surface area contributed by atoms with Crippen molar-refractivity contribution < 1.29 is 14.3 Å². The van der Waals surface area contributed by atoms with Crippen LogP contribution in [-0.2, 0) is 19.9 Å². The van der Waals surface area contributed by atoms with Crippen LogP contribution in [0, 0.1) is 0 Å². The highest BCUT2D eigenvalue weighted by Crippen LogP contribution is 2.34. The van der Waals surface area contributed by atoms with Crippen molar-refractivity contribution in [1.82, 2.24) is 5.32 Å². The molecule has 4 nitrogen and oxygen atoms in total. The Morgan fingerprint density at radius 3 is 1.87 bits per heavy atom. The second kappa shape index (κ2) is 9.30. The number of carbonyl (C=O) groups excluding carboxylic acids is 1. The third-order valence-electron chi connectivity index (χ3n) is 3.54. The van der Waals surface area contributed by atoms with E-state index in [1.165, 1.54) is 7.11 Å². The van der Waals surface area contributed by atoms with Gasteiger partial charge < -0.3 is 14.8 Å². The van der Waals surface area contributed by atoms with E-state index < -0.39 is 11.6 Å². The topological polar surface area (TPSA) is 47.6 Å². The van der Waals surface area contributed by atoms with Crippen LogP contribution in [0.3, 0.4) is 0 Å². The van der Waals surface area contributed by atoms with Crippen LogP contribution in [0.4, 0.5) is 0 Å². The van der Waals surface area contributed by atoms with Gasteiger partial charge in [-0.05, 0) is 18.2 Å². The summed E-state index contributed by atoms with van der Waals surface area (Å²) in [4.78, 5) is 12.8. The summed E-state index contributed by atoms with van der Waals surface area (Å²) >= 11 is 0. The van der Waals surface area contributed by atoms with E-state index >= 15 is 0 Å². The molecule has 0 unspecified atom stereocenters. The second-order valence-electron chi connectivity index (χ2n) is 4.86. The number of halogens is 1. The predicted molar refractivity (Wildman–Crippen MR) is 92.8 cm³/mol. The molecule has 0 bridgehead atoms. The molecule has 124 valence electrons. The summed E-state index contributed by atoms with van der Waals surface area (Å²) in [7, 11) is 3.34. The van der Waals surface area contributed by atoms with Crippen LogP contribution in [0.5, 0.6) is 0 Å². The van der Waals surface area contributed by atoms with Gasteiger partial charge in [-0.1, -0.05) is 60.7 Å². The fraction of sp³-hybridized carbons (Fsp3) is 0.278. The van der Waals surface area contributed by atoms with E-state index in [-0.39, 0.29) is 12.4 Å². The van der Waals surface area contributed by atoms with Crippen molar-refractivity contribution in [2.75, 3.05) is 27.3 Å². The van der Waals surface area contributed by atoms with Crippen molar-refractivity contribution in [2.24, 2.45) is 0 Å². The van der Waals surface area contributed by atoms with Crippen LogP contribution in [0.25, 0.3) is 0 Å². The molecule has 23 heavy (non-hydrogen) atoms. The average Bonchev–Trinajstić information content (AvgIpc) is 2.58. The zero-order chi connectivity index (χ0) is 15.8. The Bertz CT molecular complexity index is 550. The first-order valence-electron chi connectivity index (χ1n) is 7.23. The Labute approximate surface area is 143 Å². The van der Waals surface area contributed by atoms with Crippen molar-refractivity contribution in [1.29, 1.82) is 0 Å². The monoisotopic (exact) mass is 335 g/mol. The molecule has 0 spiro atoms. The molecule has 0 atom stereocenters. The summed E-state index contributed by atoms with van der Waals surface area (Å²) < 4.78 is 11.1. The van der Waals surface area contributed by atoms with Crippen LogP contribution in [0.2, 0.25) is 0 Å². The first-order valence-corrected chi connectivity index (χ1v) is 7.23. The molecule has 5 heteroatoms. The van der Waals surface area contributed by atoms with Gasteiger partial charge in [0.25, 0.3) is 0 Å². The van der Waals surface area contributed by atoms with Crippen LogP contribution in [0.15, 0.2) is 60.7 Å². The maximum Gasteiger partial charge on any atom is 0.347 e. The number of benzene rings is 2. The van der Waals surface area contributed by atoms with Gasteiger partial charge in [0.1, 0.15) is 6.61 Å². The normalized spacial score (nSPS) is 10.7. The Balaban J connectivity index is 0.00000264. The van der Waals surface area contributed by atoms with E-state index in [1.54, 1.807) is 0 Å². The van der Waals surface area contributed by atoms with E-state index in [0.717, 1.165) is 11.1 Å². The lowest BCUT2D eigenvalue weighted by Gasteiger charge is -2.31. The van der Waals surface area contributed by atoms with E-state index in [2.05, 4.69) is 5.32 Å². The fourth-order valence-corrected chi connectivity index (χ4v) is 2.41. The van der Waals surface area contributed by atoms with Gasteiger partial charge in [-0.25, -0.2) is 4.79 Å². The highest BCUT2D eigenvalue weighted by Gasteiger charge is 2.44. The smallest absolute Gasteiger partial charge is 0.347 e. The lowest BCUT2D eigenvalue weighted by molar-refractivity contribution is -0.165. The van der Waals surface area contributed by atoms with E-state index in [0.29, 0.717) is 13.2 Å². The molecule has 0 aliphatic heterocycles. The third kappa shape index (κ3) is 4.10. The van der Waals surface area contributed by atoms with Crippen molar-refractivity contribution in [3.8, 4) is 0 Å². The number of ether oxygens (including phenoxy) is 2. The summed E-state index contributed by atoms with van der Waals surface area (Å²) in [5, 5.41) is 2.95. The molecule has 0 saturated carbocycles. The molecule has 0 radical (unpaired) electrons.